The lowest BCUT2D eigenvalue weighted by Crippen LogP contribution is -1.79. The summed E-state index contributed by atoms with van der Waals surface area (Å²) < 4.78 is 5.39. The quantitative estimate of drug-likeness (QED) is 0.782. The van der Waals surface area contributed by atoms with Gasteiger partial charge in [-0.1, -0.05) is 42.4 Å². The number of hydrogen-bond acceptors (Lipinski definition) is 4. The zero-order chi connectivity index (χ0) is 11.4. The second kappa shape index (κ2) is 5.37. The molecule has 0 radical (unpaired) electrons. The topological polar surface area (TPSA) is 38.9 Å². The monoisotopic (exact) mass is 254 g/mol. The first-order valence-electron chi connectivity index (χ1n) is 4.97. The van der Waals surface area contributed by atoms with Gasteiger partial charge in [0.2, 0.25) is 5.89 Å². The van der Waals surface area contributed by atoms with E-state index in [9.17, 15) is 0 Å². The molecule has 1 heterocycles. The highest BCUT2D eigenvalue weighted by Crippen LogP contribution is 2.22. The van der Waals surface area contributed by atoms with Gasteiger partial charge in [0.1, 0.15) is 0 Å². The fourth-order valence-electron chi connectivity index (χ4n) is 1.17. The Balaban J connectivity index is 1.94. The van der Waals surface area contributed by atoms with E-state index in [1.165, 1.54) is 17.3 Å². The van der Waals surface area contributed by atoms with Crippen LogP contribution < -0.4 is 0 Å². The van der Waals surface area contributed by atoms with Crippen molar-refractivity contribution in [2.24, 2.45) is 0 Å². The van der Waals surface area contributed by atoms with Gasteiger partial charge < -0.3 is 4.42 Å². The highest BCUT2D eigenvalue weighted by atomic mass is 35.5. The van der Waals surface area contributed by atoms with E-state index < -0.39 is 0 Å². The number of aromatic nitrogens is 2. The number of aryl methyl sites for hydroxylation is 1. The van der Waals surface area contributed by atoms with Crippen LogP contribution in [0.5, 0.6) is 0 Å². The second-order valence-electron chi connectivity index (χ2n) is 3.23. The minimum atomic E-state index is 0.617. The Morgan fingerprint density at radius 3 is 2.62 bits per heavy atom. The van der Waals surface area contributed by atoms with Crippen LogP contribution in [0.25, 0.3) is 0 Å². The van der Waals surface area contributed by atoms with Crippen LogP contribution in [0.4, 0.5) is 0 Å². The molecule has 0 saturated heterocycles. The molecule has 16 heavy (non-hydrogen) atoms. The van der Waals surface area contributed by atoms with Gasteiger partial charge in [0.05, 0.1) is 0 Å². The molecule has 1 aromatic heterocycles. The van der Waals surface area contributed by atoms with E-state index in [4.69, 9.17) is 16.0 Å². The van der Waals surface area contributed by atoms with Crippen molar-refractivity contribution in [2.45, 2.75) is 24.3 Å². The van der Waals surface area contributed by atoms with Gasteiger partial charge in [0, 0.05) is 17.2 Å². The number of thioether (sulfide) groups is 1. The number of halogens is 1. The van der Waals surface area contributed by atoms with E-state index >= 15 is 0 Å². The summed E-state index contributed by atoms with van der Waals surface area (Å²) in [6, 6.07) is 7.74. The first-order chi connectivity index (χ1) is 7.78. The van der Waals surface area contributed by atoms with E-state index in [-0.39, 0.29) is 0 Å². The van der Waals surface area contributed by atoms with Crippen LogP contribution in [0.3, 0.4) is 0 Å². The molecule has 0 aliphatic carbocycles. The molecular formula is C11H11ClN2OS. The second-order valence-corrected chi connectivity index (χ2v) is 4.59. The summed E-state index contributed by atoms with van der Waals surface area (Å²) in [4.78, 5) is 0. The number of benzene rings is 1. The van der Waals surface area contributed by atoms with Gasteiger partial charge in [-0.15, -0.1) is 10.2 Å². The summed E-state index contributed by atoms with van der Waals surface area (Å²) >= 11 is 7.34. The van der Waals surface area contributed by atoms with Gasteiger partial charge in [-0.25, -0.2) is 0 Å². The molecule has 1 aromatic carbocycles. The van der Waals surface area contributed by atoms with Gasteiger partial charge in [-0.3, -0.25) is 0 Å². The third-order valence-electron chi connectivity index (χ3n) is 2.03. The summed E-state index contributed by atoms with van der Waals surface area (Å²) in [6.45, 7) is 1.99. The average Bonchev–Trinajstić information content (AvgIpc) is 2.76. The fraction of sp³-hybridized carbons (Fsp3) is 0.273. The molecule has 2 aromatic rings. The Kier molecular flexibility index (Phi) is 3.85. The maximum Gasteiger partial charge on any atom is 0.276 e. The Bertz CT molecular complexity index is 455. The molecule has 0 N–H and O–H groups in total. The largest absolute Gasteiger partial charge is 0.416 e. The standard InChI is InChI=1S/C11H11ClN2OS/c1-2-10-13-14-11(15-10)16-7-8-3-5-9(12)6-4-8/h3-6H,2,7H2,1H3. The molecule has 84 valence electrons. The van der Waals surface area contributed by atoms with Crippen molar-refractivity contribution in [1.82, 2.24) is 10.2 Å². The number of hydrogen-bond donors (Lipinski definition) is 0. The van der Waals surface area contributed by atoms with Crippen molar-refractivity contribution in [2.75, 3.05) is 0 Å². The predicted octanol–water partition coefficient (Wildman–Crippen LogP) is 3.58. The Hall–Kier alpha value is -1.00. The summed E-state index contributed by atoms with van der Waals surface area (Å²) in [5.74, 6) is 1.49. The van der Waals surface area contributed by atoms with Crippen molar-refractivity contribution in [3.63, 3.8) is 0 Å². The number of nitrogens with zero attached hydrogens (tertiary/aromatic N) is 2. The molecule has 5 heteroatoms. The molecule has 0 saturated carbocycles. The predicted molar refractivity (Wildman–Crippen MR) is 64.7 cm³/mol. The SMILES string of the molecule is CCc1nnc(SCc2ccc(Cl)cc2)o1. The van der Waals surface area contributed by atoms with Crippen molar-refractivity contribution < 1.29 is 4.42 Å². The first-order valence-corrected chi connectivity index (χ1v) is 6.34. The van der Waals surface area contributed by atoms with Crippen LogP contribution >= 0.6 is 23.4 Å². The van der Waals surface area contributed by atoms with Gasteiger partial charge in [-0.2, -0.15) is 0 Å². The third-order valence-corrected chi connectivity index (χ3v) is 3.17. The Morgan fingerprint density at radius 1 is 1.25 bits per heavy atom. The maximum absolute atomic E-state index is 5.80. The lowest BCUT2D eigenvalue weighted by molar-refractivity contribution is 0.417. The van der Waals surface area contributed by atoms with E-state index in [1.54, 1.807) is 0 Å². The van der Waals surface area contributed by atoms with E-state index in [0.717, 1.165) is 17.2 Å². The third kappa shape index (κ3) is 3.00. The van der Waals surface area contributed by atoms with E-state index in [0.29, 0.717) is 11.1 Å². The van der Waals surface area contributed by atoms with Crippen LogP contribution in [0.15, 0.2) is 33.9 Å². The minimum Gasteiger partial charge on any atom is -0.416 e. The molecule has 0 aliphatic rings. The minimum absolute atomic E-state index is 0.617. The van der Waals surface area contributed by atoms with Crippen molar-refractivity contribution in [1.29, 1.82) is 0 Å². The van der Waals surface area contributed by atoms with Gasteiger partial charge in [-0.05, 0) is 17.7 Å². The first kappa shape index (κ1) is 11.5. The van der Waals surface area contributed by atoms with Crippen LogP contribution in [0, 0.1) is 0 Å². The van der Waals surface area contributed by atoms with Crippen LogP contribution in [-0.2, 0) is 12.2 Å². The summed E-state index contributed by atoms with van der Waals surface area (Å²) in [5, 5.41) is 9.21. The van der Waals surface area contributed by atoms with Gasteiger partial charge in [0.15, 0.2) is 0 Å². The van der Waals surface area contributed by atoms with Crippen molar-refractivity contribution in [3.8, 4) is 0 Å². The van der Waals surface area contributed by atoms with Crippen molar-refractivity contribution >= 4 is 23.4 Å². The van der Waals surface area contributed by atoms with Crippen LogP contribution in [0.2, 0.25) is 5.02 Å². The average molecular weight is 255 g/mol. The van der Waals surface area contributed by atoms with Crippen LogP contribution in [-0.4, -0.2) is 10.2 Å². The number of rotatable bonds is 4. The van der Waals surface area contributed by atoms with E-state index in [2.05, 4.69) is 10.2 Å². The summed E-state index contributed by atoms with van der Waals surface area (Å²) in [6.07, 6.45) is 0.772. The smallest absolute Gasteiger partial charge is 0.276 e. The summed E-state index contributed by atoms with van der Waals surface area (Å²) in [7, 11) is 0. The molecular weight excluding hydrogens is 244 g/mol. The van der Waals surface area contributed by atoms with Crippen molar-refractivity contribution in [3.05, 3.63) is 40.7 Å². The zero-order valence-electron chi connectivity index (χ0n) is 8.81. The van der Waals surface area contributed by atoms with Gasteiger partial charge in [0.25, 0.3) is 5.22 Å². The summed E-state index contributed by atoms with van der Waals surface area (Å²) in [5.41, 5.74) is 1.19. The molecule has 0 spiro atoms. The normalized spacial score (nSPS) is 10.6. The maximum atomic E-state index is 5.80. The van der Waals surface area contributed by atoms with Gasteiger partial charge >= 0.3 is 0 Å². The highest BCUT2D eigenvalue weighted by Gasteiger charge is 2.04. The molecule has 3 nitrogen and oxygen atoms in total. The molecule has 0 fully saturated rings. The van der Waals surface area contributed by atoms with E-state index in [1.807, 2.05) is 31.2 Å². The fourth-order valence-corrected chi connectivity index (χ4v) is 2.03. The molecule has 0 atom stereocenters. The molecule has 0 unspecified atom stereocenters. The molecule has 0 bridgehead atoms. The van der Waals surface area contributed by atoms with Crippen LogP contribution in [0.1, 0.15) is 18.4 Å². The lowest BCUT2D eigenvalue weighted by Gasteiger charge is -1.97. The molecule has 0 aliphatic heterocycles. The Morgan fingerprint density at radius 2 is 2.00 bits per heavy atom. The lowest BCUT2D eigenvalue weighted by atomic mass is 10.2. The highest BCUT2D eigenvalue weighted by molar-refractivity contribution is 7.98. The molecule has 2 rings (SSSR count). The Labute approximate surface area is 103 Å². The molecule has 0 amide bonds. The zero-order valence-corrected chi connectivity index (χ0v) is 10.4.